The van der Waals surface area contributed by atoms with Gasteiger partial charge in [-0.15, -0.1) is 0 Å². The third-order valence-electron chi connectivity index (χ3n) is 3.91. The molecule has 134 valence electrons. The van der Waals surface area contributed by atoms with Gasteiger partial charge in [-0.2, -0.15) is 5.10 Å². The van der Waals surface area contributed by atoms with Crippen molar-refractivity contribution in [3.8, 4) is 5.75 Å². The molecule has 25 heavy (non-hydrogen) atoms. The quantitative estimate of drug-likeness (QED) is 0.778. The van der Waals surface area contributed by atoms with Crippen molar-refractivity contribution < 1.29 is 19.1 Å². The summed E-state index contributed by atoms with van der Waals surface area (Å²) in [5, 5.41) is 6.95. The van der Waals surface area contributed by atoms with Crippen LogP contribution in [-0.2, 0) is 27.8 Å². The molecule has 7 nitrogen and oxygen atoms in total. The van der Waals surface area contributed by atoms with Gasteiger partial charge >= 0.3 is 5.97 Å². The summed E-state index contributed by atoms with van der Waals surface area (Å²) in [7, 11) is 3.41. The number of anilines is 1. The second kappa shape index (κ2) is 8.32. The summed E-state index contributed by atoms with van der Waals surface area (Å²) in [4.78, 5) is 23.7. The molecule has 1 amide bonds. The zero-order chi connectivity index (χ0) is 18.4. The van der Waals surface area contributed by atoms with Crippen LogP contribution in [0, 0.1) is 13.8 Å². The number of nitrogens with one attached hydrogen (secondary N) is 1. The molecule has 2 aromatic rings. The first-order valence-corrected chi connectivity index (χ1v) is 7.99. The summed E-state index contributed by atoms with van der Waals surface area (Å²) in [5.74, 6) is -0.0217. The number of carbonyl (C=O) groups is 2. The Labute approximate surface area is 146 Å². The molecule has 0 saturated carbocycles. The summed E-state index contributed by atoms with van der Waals surface area (Å²) >= 11 is 0. The number of esters is 1. The maximum absolute atomic E-state index is 11.9. The van der Waals surface area contributed by atoms with Crippen LogP contribution in [0.3, 0.4) is 0 Å². The minimum Gasteiger partial charge on any atom is -0.497 e. The first-order valence-electron chi connectivity index (χ1n) is 7.99. The molecule has 1 aromatic carbocycles. The van der Waals surface area contributed by atoms with Crippen LogP contribution in [0.15, 0.2) is 24.3 Å². The number of hydrogen-bond acceptors (Lipinski definition) is 5. The first kappa shape index (κ1) is 18.5. The molecule has 0 radical (unpaired) electrons. The average Bonchev–Trinajstić information content (AvgIpc) is 2.84. The first-order chi connectivity index (χ1) is 11.9. The smallest absolute Gasteiger partial charge is 0.306 e. The predicted molar refractivity (Wildman–Crippen MR) is 93.6 cm³/mol. The van der Waals surface area contributed by atoms with E-state index in [0.717, 1.165) is 22.7 Å². The maximum Gasteiger partial charge on any atom is 0.306 e. The second-order valence-electron chi connectivity index (χ2n) is 5.73. The molecule has 0 bridgehead atoms. The van der Waals surface area contributed by atoms with E-state index in [1.54, 1.807) is 18.8 Å². The summed E-state index contributed by atoms with van der Waals surface area (Å²) in [6.45, 7) is 3.36. The number of hydrogen-bond donors (Lipinski definition) is 1. The van der Waals surface area contributed by atoms with E-state index in [9.17, 15) is 9.59 Å². The average molecular weight is 345 g/mol. The van der Waals surface area contributed by atoms with Gasteiger partial charge in [0.15, 0.2) is 6.61 Å². The van der Waals surface area contributed by atoms with Crippen molar-refractivity contribution in [2.45, 2.75) is 26.7 Å². The van der Waals surface area contributed by atoms with Crippen LogP contribution in [0.1, 0.15) is 23.4 Å². The number of ether oxygens (including phenoxy) is 2. The van der Waals surface area contributed by atoms with Gasteiger partial charge in [0, 0.05) is 13.5 Å². The van der Waals surface area contributed by atoms with Crippen molar-refractivity contribution in [3.05, 3.63) is 41.2 Å². The minimum absolute atomic E-state index is 0.213. The third-order valence-corrected chi connectivity index (χ3v) is 3.91. The number of nitrogens with zero attached hydrogens (tertiary/aromatic N) is 2. The van der Waals surface area contributed by atoms with Crippen LogP contribution < -0.4 is 10.1 Å². The third kappa shape index (κ3) is 5.07. The molecule has 0 aliphatic carbocycles. The van der Waals surface area contributed by atoms with Gasteiger partial charge in [0.1, 0.15) is 5.75 Å². The van der Waals surface area contributed by atoms with Crippen LogP contribution in [-0.4, -0.2) is 35.4 Å². The van der Waals surface area contributed by atoms with Gasteiger partial charge in [-0.05, 0) is 38.0 Å². The minimum atomic E-state index is -0.411. The van der Waals surface area contributed by atoms with Crippen molar-refractivity contribution in [2.75, 3.05) is 19.0 Å². The normalized spacial score (nSPS) is 10.4. The summed E-state index contributed by atoms with van der Waals surface area (Å²) < 4.78 is 11.8. The Morgan fingerprint density at radius 2 is 1.88 bits per heavy atom. The van der Waals surface area contributed by atoms with Crippen LogP contribution in [0.4, 0.5) is 5.69 Å². The van der Waals surface area contributed by atoms with Crippen LogP contribution >= 0.6 is 0 Å². The monoisotopic (exact) mass is 345 g/mol. The molecule has 2 rings (SSSR count). The highest BCUT2D eigenvalue weighted by Gasteiger charge is 2.14. The van der Waals surface area contributed by atoms with Crippen molar-refractivity contribution in [3.63, 3.8) is 0 Å². The highest BCUT2D eigenvalue weighted by molar-refractivity contribution is 5.93. The van der Waals surface area contributed by atoms with E-state index in [1.807, 2.05) is 38.1 Å². The summed E-state index contributed by atoms with van der Waals surface area (Å²) in [5.41, 5.74) is 3.22. The Morgan fingerprint density at radius 1 is 1.20 bits per heavy atom. The molecular formula is C18H23N3O4. The molecule has 7 heteroatoms. The molecule has 0 atom stereocenters. The largest absolute Gasteiger partial charge is 0.497 e. The standard InChI is InChI=1S/C18H23N3O4/c1-12-18(13(2)21(3)20-12)19-16(22)11-25-17(23)10-7-14-5-8-15(24-4)9-6-14/h5-6,8-9H,7,10-11H2,1-4H3,(H,19,22). The van der Waals surface area contributed by atoms with E-state index in [0.29, 0.717) is 12.1 Å². The lowest BCUT2D eigenvalue weighted by atomic mass is 10.1. The maximum atomic E-state index is 11.9. The Hall–Kier alpha value is -2.83. The number of rotatable bonds is 7. The van der Waals surface area contributed by atoms with Crippen molar-refractivity contribution in [2.24, 2.45) is 7.05 Å². The van der Waals surface area contributed by atoms with E-state index in [1.165, 1.54) is 0 Å². The lowest BCUT2D eigenvalue weighted by molar-refractivity contribution is -0.147. The molecule has 1 heterocycles. The highest BCUT2D eigenvalue weighted by Crippen LogP contribution is 2.18. The zero-order valence-electron chi connectivity index (χ0n) is 15.0. The van der Waals surface area contributed by atoms with Crippen molar-refractivity contribution >= 4 is 17.6 Å². The predicted octanol–water partition coefficient (Wildman–Crippen LogP) is 2.16. The van der Waals surface area contributed by atoms with Gasteiger partial charge in [0.2, 0.25) is 0 Å². The Balaban J connectivity index is 1.76. The van der Waals surface area contributed by atoms with Gasteiger partial charge in [0.25, 0.3) is 5.91 Å². The van der Waals surface area contributed by atoms with Crippen molar-refractivity contribution in [1.82, 2.24) is 9.78 Å². The van der Waals surface area contributed by atoms with Gasteiger partial charge < -0.3 is 14.8 Å². The number of aromatic nitrogens is 2. The van der Waals surface area contributed by atoms with E-state index in [4.69, 9.17) is 9.47 Å². The van der Waals surface area contributed by atoms with Crippen LogP contribution in [0.2, 0.25) is 0 Å². The summed E-state index contributed by atoms with van der Waals surface area (Å²) in [6, 6.07) is 7.47. The number of benzene rings is 1. The molecule has 0 fully saturated rings. The number of aryl methyl sites for hydroxylation is 3. The molecular weight excluding hydrogens is 322 g/mol. The fourth-order valence-corrected chi connectivity index (χ4v) is 2.39. The van der Waals surface area contributed by atoms with E-state index in [-0.39, 0.29) is 18.9 Å². The van der Waals surface area contributed by atoms with Crippen LogP contribution in [0.5, 0.6) is 5.75 Å². The Morgan fingerprint density at radius 3 is 2.44 bits per heavy atom. The Kier molecular flexibility index (Phi) is 6.16. The van der Waals surface area contributed by atoms with Gasteiger partial charge in [0.05, 0.1) is 24.2 Å². The number of carbonyl (C=O) groups excluding carboxylic acids is 2. The molecule has 1 N–H and O–H groups in total. The summed E-state index contributed by atoms with van der Waals surface area (Å²) in [6.07, 6.45) is 0.760. The second-order valence-corrected chi connectivity index (χ2v) is 5.73. The van der Waals surface area contributed by atoms with Gasteiger partial charge in [-0.25, -0.2) is 0 Å². The number of methoxy groups -OCH3 is 1. The molecule has 0 aliphatic rings. The van der Waals surface area contributed by atoms with E-state index in [2.05, 4.69) is 10.4 Å². The lowest BCUT2D eigenvalue weighted by Gasteiger charge is -2.07. The SMILES string of the molecule is COc1ccc(CCC(=O)OCC(=O)Nc2c(C)nn(C)c2C)cc1. The molecule has 0 aliphatic heterocycles. The van der Waals surface area contributed by atoms with Crippen molar-refractivity contribution in [1.29, 1.82) is 0 Å². The Bertz CT molecular complexity index is 750. The van der Waals surface area contributed by atoms with Crippen LogP contribution in [0.25, 0.3) is 0 Å². The molecule has 1 aromatic heterocycles. The number of amides is 1. The topological polar surface area (TPSA) is 82.4 Å². The molecule has 0 saturated heterocycles. The van der Waals surface area contributed by atoms with Gasteiger partial charge in [-0.3, -0.25) is 14.3 Å². The zero-order valence-corrected chi connectivity index (χ0v) is 15.0. The van der Waals surface area contributed by atoms with E-state index >= 15 is 0 Å². The van der Waals surface area contributed by atoms with Gasteiger partial charge in [-0.1, -0.05) is 12.1 Å². The highest BCUT2D eigenvalue weighted by atomic mass is 16.5. The fourth-order valence-electron chi connectivity index (χ4n) is 2.39. The molecule has 0 spiro atoms. The lowest BCUT2D eigenvalue weighted by Crippen LogP contribution is -2.21. The van der Waals surface area contributed by atoms with E-state index < -0.39 is 5.97 Å². The fraction of sp³-hybridized carbons (Fsp3) is 0.389. The molecule has 0 unspecified atom stereocenters.